The Morgan fingerprint density at radius 3 is 2.67 bits per heavy atom. The van der Waals surface area contributed by atoms with Gasteiger partial charge < -0.3 is 9.64 Å². The summed E-state index contributed by atoms with van der Waals surface area (Å²) in [6, 6.07) is 0. The Morgan fingerprint density at radius 1 is 1.27 bits per heavy atom. The molecule has 4 nitrogen and oxygen atoms in total. The Labute approximate surface area is 90.5 Å². The Balaban J connectivity index is 1.85. The molecule has 86 valence electrons. The summed E-state index contributed by atoms with van der Waals surface area (Å²) < 4.78 is 28.8. The second kappa shape index (κ2) is 3.18. The summed E-state index contributed by atoms with van der Waals surface area (Å²) in [5, 5.41) is -0.0295. The van der Waals surface area contributed by atoms with Crippen molar-refractivity contribution in [2.75, 3.05) is 32.1 Å². The van der Waals surface area contributed by atoms with E-state index in [0.717, 1.165) is 45.6 Å². The van der Waals surface area contributed by atoms with E-state index in [-0.39, 0.29) is 10.8 Å². The van der Waals surface area contributed by atoms with Crippen molar-refractivity contribution in [3.8, 4) is 0 Å². The van der Waals surface area contributed by atoms with Crippen LogP contribution < -0.4 is 4.90 Å². The van der Waals surface area contributed by atoms with Crippen molar-refractivity contribution in [1.82, 2.24) is 0 Å². The summed E-state index contributed by atoms with van der Waals surface area (Å²) in [4.78, 5) is 1.49. The van der Waals surface area contributed by atoms with E-state index >= 15 is 0 Å². The van der Waals surface area contributed by atoms with Crippen molar-refractivity contribution in [1.29, 1.82) is 0 Å². The van der Waals surface area contributed by atoms with Gasteiger partial charge in [-0.3, -0.25) is 0 Å². The number of fused-ring (bicyclic) bond motifs is 1. The molecule has 0 aromatic rings. The minimum absolute atomic E-state index is 0.0295. The molecular formula is C10H18NO3S+. The number of nitrogens with one attached hydrogen (secondary N) is 1. The van der Waals surface area contributed by atoms with E-state index in [4.69, 9.17) is 4.74 Å². The first-order chi connectivity index (χ1) is 7.15. The third-order valence-electron chi connectivity index (χ3n) is 4.40. The van der Waals surface area contributed by atoms with E-state index in [1.54, 1.807) is 0 Å². The molecule has 0 unspecified atom stereocenters. The number of rotatable bonds is 1. The molecular weight excluding hydrogens is 214 g/mol. The molecule has 1 aliphatic carbocycles. The van der Waals surface area contributed by atoms with Gasteiger partial charge in [0.25, 0.3) is 0 Å². The van der Waals surface area contributed by atoms with Gasteiger partial charge in [-0.15, -0.1) is 0 Å². The standard InChI is InChI=1S/C10H17NO3S/c12-15(13)8-10(3-1-2-9(10)15)11-4-6-14-7-5-11/h9H,1-8H2/p+1/t9-,10+/m1/s1. The molecule has 0 aromatic carbocycles. The smallest absolute Gasteiger partial charge is 0.165 e. The fraction of sp³-hybridized carbons (Fsp3) is 1.00. The van der Waals surface area contributed by atoms with Crippen LogP contribution in [0.5, 0.6) is 0 Å². The number of hydrogen-bond donors (Lipinski definition) is 1. The molecule has 3 fully saturated rings. The zero-order valence-corrected chi connectivity index (χ0v) is 9.68. The van der Waals surface area contributed by atoms with Crippen molar-refractivity contribution in [3.63, 3.8) is 0 Å². The van der Waals surface area contributed by atoms with Gasteiger partial charge in [0.15, 0.2) is 9.84 Å². The zero-order chi connectivity index (χ0) is 10.5. The molecule has 1 saturated carbocycles. The van der Waals surface area contributed by atoms with Crippen LogP contribution in [0.3, 0.4) is 0 Å². The maximum Gasteiger partial charge on any atom is 0.165 e. The van der Waals surface area contributed by atoms with Crippen LogP contribution >= 0.6 is 0 Å². The van der Waals surface area contributed by atoms with Crippen molar-refractivity contribution in [2.24, 2.45) is 0 Å². The predicted molar refractivity (Wildman–Crippen MR) is 55.7 cm³/mol. The van der Waals surface area contributed by atoms with Gasteiger partial charge in [0.2, 0.25) is 0 Å². The molecule has 1 N–H and O–H groups in total. The summed E-state index contributed by atoms with van der Waals surface area (Å²) >= 11 is 0. The molecule has 3 aliphatic rings. The molecule has 3 rings (SSSR count). The SMILES string of the molecule is O=S1(=O)C[C@@]2([NH+]3CCOCC3)CCC[C@H]21. The van der Waals surface area contributed by atoms with Gasteiger partial charge in [0.05, 0.1) is 13.2 Å². The molecule has 2 atom stereocenters. The van der Waals surface area contributed by atoms with Crippen molar-refractivity contribution >= 4 is 9.84 Å². The average Bonchev–Trinajstić information content (AvgIpc) is 2.59. The minimum Gasteiger partial charge on any atom is -0.370 e. The summed E-state index contributed by atoms with van der Waals surface area (Å²) in [5.41, 5.74) is 0.0859. The molecule has 2 aliphatic heterocycles. The molecule has 15 heavy (non-hydrogen) atoms. The lowest BCUT2D eigenvalue weighted by atomic mass is 9.95. The van der Waals surface area contributed by atoms with Crippen LogP contribution in [0.2, 0.25) is 0 Å². The largest absolute Gasteiger partial charge is 0.370 e. The zero-order valence-electron chi connectivity index (χ0n) is 8.87. The summed E-state index contributed by atoms with van der Waals surface area (Å²) in [6.45, 7) is 3.58. The normalized spacial score (nSPS) is 44.7. The molecule has 5 heteroatoms. The Hall–Kier alpha value is -0.130. The molecule has 0 radical (unpaired) electrons. The maximum absolute atomic E-state index is 11.7. The van der Waals surface area contributed by atoms with Gasteiger partial charge in [0, 0.05) is 6.42 Å². The van der Waals surface area contributed by atoms with Gasteiger partial charge in [0.1, 0.15) is 29.6 Å². The number of morpholine rings is 1. The van der Waals surface area contributed by atoms with Crippen LogP contribution in [0.4, 0.5) is 0 Å². The van der Waals surface area contributed by atoms with Crippen molar-refractivity contribution in [3.05, 3.63) is 0 Å². The number of hydrogen-bond acceptors (Lipinski definition) is 3. The quantitative estimate of drug-likeness (QED) is 0.606. The van der Waals surface area contributed by atoms with Crippen LogP contribution in [0, 0.1) is 0 Å². The number of sulfone groups is 1. The Bertz CT molecular complexity index is 361. The first kappa shape index (κ1) is 10.1. The third kappa shape index (κ3) is 1.29. The lowest BCUT2D eigenvalue weighted by molar-refractivity contribution is -0.957. The highest BCUT2D eigenvalue weighted by Crippen LogP contribution is 2.43. The van der Waals surface area contributed by atoms with Gasteiger partial charge in [-0.25, -0.2) is 8.42 Å². The van der Waals surface area contributed by atoms with Crippen LogP contribution in [0.15, 0.2) is 0 Å². The molecule has 0 spiro atoms. The maximum atomic E-state index is 11.7. The van der Waals surface area contributed by atoms with Crippen LogP contribution in [0.25, 0.3) is 0 Å². The molecule has 0 amide bonds. The fourth-order valence-electron chi connectivity index (χ4n) is 3.71. The average molecular weight is 232 g/mol. The van der Waals surface area contributed by atoms with E-state index in [1.165, 1.54) is 4.90 Å². The van der Waals surface area contributed by atoms with Crippen LogP contribution in [0.1, 0.15) is 19.3 Å². The predicted octanol–water partition coefficient (Wildman–Crippen LogP) is -1.38. The second-order valence-electron chi connectivity index (χ2n) is 5.06. The van der Waals surface area contributed by atoms with Crippen LogP contribution in [-0.2, 0) is 14.6 Å². The topological polar surface area (TPSA) is 47.8 Å². The van der Waals surface area contributed by atoms with E-state index in [2.05, 4.69) is 0 Å². The highest BCUT2D eigenvalue weighted by Gasteiger charge is 2.66. The minimum atomic E-state index is -2.73. The Kier molecular flexibility index (Phi) is 2.13. The van der Waals surface area contributed by atoms with Crippen LogP contribution in [-0.4, -0.2) is 51.3 Å². The van der Waals surface area contributed by atoms with E-state index in [9.17, 15) is 8.42 Å². The summed E-state index contributed by atoms with van der Waals surface area (Å²) in [7, 11) is -2.73. The highest BCUT2D eigenvalue weighted by atomic mass is 32.2. The first-order valence-corrected chi connectivity index (χ1v) is 7.51. The number of ether oxygens (including phenoxy) is 1. The Morgan fingerprint density at radius 2 is 2.00 bits per heavy atom. The lowest BCUT2D eigenvalue weighted by Crippen LogP contribution is -3.25. The number of quaternary nitrogens is 1. The van der Waals surface area contributed by atoms with Gasteiger partial charge >= 0.3 is 0 Å². The summed E-state index contributed by atoms with van der Waals surface area (Å²) in [6.07, 6.45) is 3.09. The van der Waals surface area contributed by atoms with E-state index in [1.807, 2.05) is 0 Å². The van der Waals surface area contributed by atoms with E-state index in [0.29, 0.717) is 5.75 Å². The van der Waals surface area contributed by atoms with Crippen molar-refractivity contribution in [2.45, 2.75) is 30.1 Å². The van der Waals surface area contributed by atoms with Crippen molar-refractivity contribution < 1.29 is 18.1 Å². The van der Waals surface area contributed by atoms with Gasteiger partial charge in [-0.2, -0.15) is 0 Å². The first-order valence-electron chi connectivity index (χ1n) is 5.80. The third-order valence-corrected chi connectivity index (χ3v) is 6.87. The molecule has 0 bridgehead atoms. The lowest BCUT2D eigenvalue weighted by Gasteiger charge is -2.49. The highest BCUT2D eigenvalue weighted by molar-refractivity contribution is 7.93. The monoisotopic (exact) mass is 232 g/mol. The molecule has 0 aromatic heterocycles. The molecule has 2 heterocycles. The summed E-state index contributed by atoms with van der Waals surface area (Å²) in [5.74, 6) is 0.431. The van der Waals surface area contributed by atoms with E-state index < -0.39 is 9.84 Å². The fourth-order valence-corrected chi connectivity index (χ4v) is 6.46. The van der Waals surface area contributed by atoms with Gasteiger partial charge in [-0.1, -0.05) is 0 Å². The molecule has 2 saturated heterocycles. The van der Waals surface area contributed by atoms with Gasteiger partial charge in [-0.05, 0) is 12.8 Å². The second-order valence-corrected chi connectivity index (χ2v) is 7.24.